The van der Waals surface area contributed by atoms with Crippen molar-refractivity contribution >= 4 is 22.2 Å². The molecule has 0 aliphatic heterocycles. The van der Waals surface area contributed by atoms with Gasteiger partial charge in [-0.2, -0.15) is 13.5 Å². The molecule has 0 amide bonds. The van der Waals surface area contributed by atoms with E-state index in [4.69, 9.17) is 14.2 Å². The molecule has 0 bridgehead atoms. The van der Waals surface area contributed by atoms with Crippen molar-refractivity contribution in [3.63, 3.8) is 0 Å². The third kappa shape index (κ3) is 5.47. The van der Waals surface area contributed by atoms with Gasteiger partial charge in [0.2, 0.25) is 0 Å². The van der Waals surface area contributed by atoms with E-state index in [1.165, 1.54) is 25.5 Å². The van der Waals surface area contributed by atoms with Crippen LogP contribution in [0, 0.1) is 5.92 Å². The summed E-state index contributed by atoms with van der Waals surface area (Å²) in [7, 11) is -2.35. The molecule has 0 radical (unpaired) electrons. The van der Waals surface area contributed by atoms with Crippen molar-refractivity contribution in [3.05, 3.63) is 48.0 Å². The summed E-state index contributed by atoms with van der Waals surface area (Å²) in [4.78, 5) is 14.0. The van der Waals surface area contributed by atoms with Crippen molar-refractivity contribution in [2.45, 2.75) is 24.7 Å². The van der Waals surface area contributed by atoms with Gasteiger partial charge in [-0.3, -0.25) is 4.79 Å². The molecule has 0 unspecified atom stereocenters. The first-order valence-electron chi connectivity index (χ1n) is 9.10. The van der Waals surface area contributed by atoms with Gasteiger partial charge in [-0.05, 0) is 67.8 Å². The number of nitrogens with zero attached hydrogens (tertiary/aromatic N) is 1. The predicted octanol–water partition coefficient (Wildman–Crippen LogP) is 2.72. The van der Waals surface area contributed by atoms with Crippen LogP contribution in [0.1, 0.15) is 25.3 Å². The Bertz CT molecular complexity index is 998. The van der Waals surface area contributed by atoms with Crippen LogP contribution in [0.4, 0.5) is 0 Å². The van der Waals surface area contributed by atoms with Crippen molar-refractivity contribution in [2.75, 3.05) is 13.7 Å². The maximum atomic E-state index is 12.3. The van der Waals surface area contributed by atoms with Gasteiger partial charge in [0.15, 0.2) is 11.5 Å². The second kappa shape index (κ2) is 8.95. The maximum Gasteiger partial charge on any atom is 0.314 e. The number of benzene rings is 2. The molecule has 1 fully saturated rings. The molecule has 1 aliphatic carbocycles. The third-order valence-electron chi connectivity index (χ3n) is 4.14. The van der Waals surface area contributed by atoms with E-state index in [1.54, 1.807) is 30.3 Å². The van der Waals surface area contributed by atoms with E-state index in [9.17, 15) is 13.2 Å². The SMILES string of the molecule is CCOc1ccc(S(=O)(=O)N/N=C\c2ccc(OC(=O)C3CC3)c(OC)c2)cc1. The van der Waals surface area contributed by atoms with E-state index in [0.717, 1.165) is 12.8 Å². The number of rotatable bonds is 9. The summed E-state index contributed by atoms with van der Waals surface area (Å²) in [6.45, 7) is 2.34. The largest absolute Gasteiger partial charge is 0.494 e. The van der Waals surface area contributed by atoms with Crippen LogP contribution in [0.15, 0.2) is 52.5 Å². The summed E-state index contributed by atoms with van der Waals surface area (Å²) in [6, 6.07) is 10.9. The number of ether oxygens (including phenoxy) is 3. The van der Waals surface area contributed by atoms with Crippen LogP contribution in [0.5, 0.6) is 17.2 Å². The fourth-order valence-electron chi connectivity index (χ4n) is 2.46. The van der Waals surface area contributed by atoms with Gasteiger partial charge in [-0.25, -0.2) is 4.83 Å². The standard InChI is InChI=1S/C20H22N2O6S/c1-3-27-16-7-9-17(10-8-16)29(24,25)22-21-13-14-4-11-18(19(12-14)26-2)28-20(23)15-5-6-15/h4,7-13,15,22H,3,5-6H2,1-2H3/b21-13-. The van der Waals surface area contributed by atoms with Crippen LogP contribution in [-0.2, 0) is 14.8 Å². The number of carbonyl (C=O) groups is 1. The first-order chi connectivity index (χ1) is 13.9. The topological polar surface area (TPSA) is 103 Å². The Morgan fingerprint density at radius 2 is 1.90 bits per heavy atom. The smallest absolute Gasteiger partial charge is 0.314 e. The fourth-order valence-corrected chi connectivity index (χ4v) is 3.26. The molecule has 1 saturated carbocycles. The lowest BCUT2D eigenvalue weighted by atomic mass is 10.2. The number of sulfonamides is 1. The molecule has 0 atom stereocenters. The zero-order valence-electron chi connectivity index (χ0n) is 16.1. The molecule has 8 nitrogen and oxygen atoms in total. The number of esters is 1. The van der Waals surface area contributed by atoms with Gasteiger partial charge in [0.05, 0.1) is 30.7 Å². The Balaban J connectivity index is 1.66. The minimum absolute atomic E-state index is 0.0297. The van der Waals surface area contributed by atoms with Gasteiger partial charge in [0, 0.05) is 0 Å². The van der Waals surface area contributed by atoms with Crippen LogP contribution in [0.3, 0.4) is 0 Å². The number of nitrogens with one attached hydrogen (secondary N) is 1. The van der Waals surface area contributed by atoms with Crippen molar-refractivity contribution < 1.29 is 27.4 Å². The Morgan fingerprint density at radius 1 is 1.17 bits per heavy atom. The molecule has 0 saturated heterocycles. The summed E-state index contributed by atoms with van der Waals surface area (Å²) >= 11 is 0. The van der Waals surface area contributed by atoms with Crippen molar-refractivity contribution in [2.24, 2.45) is 11.0 Å². The van der Waals surface area contributed by atoms with Crippen LogP contribution in [0.2, 0.25) is 0 Å². The highest BCUT2D eigenvalue weighted by Gasteiger charge is 2.32. The summed E-state index contributed by atoms with van der Waals surface area (Å²) in [6.07, 6.45) is 3.03. The zero-order valence-corrected chi connectivity index (χ0v) is 16.9. The molecule has 2 aromatic rings. The first-order valence-corrected chi connectivity index (χ1v) is 10.6. The van der Waals surface area contributed by atoms with Gasteiger partial charge in [-0.15, -0.1) is 0 Å². The molecule has 154 valence electrons. The fraction of sp³-hybridized carbons (Fsp3) is 0.300. The van der Waals surface area contributed by atoms with E-state index in [-0.39, 0.29) is 16.8 Å². The summed E-state index contributed by atoms with van der Waals surface area (Å²) in [5.41, 5.74) is 0.572. The number of hydrazone groups is 1. The molecule has 2 aromatic carbocycles. The first kappa shape index (κ1) is 20.7. The summed E-state index contributed by atoms with van der Waals surface area (Å²) < 4.78 is 40.5. The zero-order chi connectivity index (χ0) is 20.9. The third-order valence-corrected chi connectivity index (χ3v) is 5.38. The predicted molar refractivity (Wildman–Crippen MR) is 107 cm³/mol. The normalized spacial score (nSPS) is 13.9. The minimum Gasteiger partial charge on any atom is -0.494 e. The van der Waals surface area contributed by atoms with Crippen LogP contribution >= 0.6 is 0 Å². The van der Waals surface area contributed by atoms with Crippen molar-refractivity contribution in [1.29, 1.82) is 0 Å². The summed E-state index contributed by atoms with van der Waals surface area (Å²) in [5, 5.41) is 3.80. The maximum absolute atomic E-state index is 12.3. The van der Waals surface area contributed by atoms with E-state index < -0.39 is 10.0 Å². The second-order valence-corrected chi connectivity index (χ2v) is 8.02. The number of carbonyl (C=O) groups excluding carboxylic acids is 1. The number of hydrogen-bond acceptors (Lipinski definition) is 7. The van der Waals surface area contributed by atoms with Gasteiger partial charge in [0.1, 0.15) is 5.75 Å². The Hall–Kier alpha value is -3.07. The molecule has 1 aliphatic rings. The monoisotopic (exact) mass is 418 g/mol. The molecule has 0 spiro atoms. The van der Waals surface area contributed by atoms with E-state index in [1.807, 2.05) is 6.92 Å². The quantitative estimate of drug-likeness (QED) is 0.291. The molecule has 9 heteroatoms. The van der Waals surface area contributed by atoms with Gasteiger partial charge in [-0.1, -0.05) is 0 Å². The van der Waals surface area contributed by atoms with Crippen molar-refractivity contribution in [3.8, 4) is 17.2 Å². The highest BCUT2D eigenvalue weighted by molar-refractivity contribution is 7.89. The molecule has 1 N–H and O–H groups in total. The lowest BCUT2D eigenvalue weighted by Crippen LogP contribution is -2.18. The molecule has 3 rings (SSSR count). The van der Waals surface area contributed by atoms with E-state index in [0.29, 0.717) is 29.4 Å². The van der Waals surface area contributed by atoms with E-state index >= 15 is 0 Å². The lowest BCUT2D eigenvalue weighted by molar-refractivity contribution is -0.135. The van der Waals surface area contributed by atoms with Gasteiger partial charge in [0.25, 0.3) is 10.0 Å². The highest BCUT2D eigenvalue weighted by atomic mass is 32.2. The summed E-state index contributed by atoms with van der Waals surface area (Å²) in [5.74, 6) is 0.962. The van der Waals surface area contributed by atoms with Gasteiger partial charge >= 0.3 is 5.97 Å². The molecule has 0 heterocycles. The van der Waals surface area contributed by atoms with E-state index in [2.05, 4.69) is 9.93 Å². The number of hydrogen-bond donors (Lipinski definition) is 1. The Labute approximate surface area is 169 Å². The molecular weight excluding hydrogens is 396 g/mol. The van der Waals surface area contributed by atoms with Gasteiger partial charge < -0.3 is 14.2 Å². The van der Waals surface area contributed by atoms with Crippen LogP contribution < -0.4 is 19.0 Å². The molecule has 29 heavy (non-hydrogen) atoms. The van der Waals surface area contributed by atoms with Crippen LogP contribution in [-0.4, -0.2) is 34.3 Å². The Morgan fingerprint density at radius 3 is 2.52 bits per heavy atom. The lowest BCUT2D eigenvalue weighted by Gasteiger charge is -2.09. The second-order valence-electron chi connectivity index (χ2n) is 6.36. The average Bonchev–Trinajstić information content (AvgIpc) is 3.55. The minimum atomic E-state index is -3.81. The Kier molecular flexibility index (Phi) is 6.38. The highest BCUT2D eigenvalue weighted by Crippen LogP contribution is 2.34. The molecule has 0 aromatic heterocycles. The average molecular weight is 418 g/mol. The van der Waals surface area contributed by atoms with Crippen molar-refractivity contribution in [1.82, 2.24) is 4.83 Å². The van der Waals surface area contributed by atoms with Crippen LogP contribution in [0.25, 0.3) is 0 Å². The number of methoxy groups -OCH3 is 1. The molecular formula is C20H22N2O6S.